The number of nitrogens with two attached hydrogens (primary N) is 1. The minimum atomic E-state index is -5.69. The minimum Gasteiger partial charge on any atom is -0.756 e. The molecular weight excluding hydrogens is 541 g/mol. The fraction of sp³-hybridized carbons (Fsp3) is 0.737. The van der Waals surface area contributed by atoms with E-state index in [2.05, 4.69) is 14.0 Å². The van der Waals surface area contributed by atoms with E-state index in [-0.39, 0.29) is 5.82 Å². The van der Waals surface area contributed by atoms with Crippen LogP contribution in [0, 0.1) is 5.92 Å². The lowest BCUT2D eigenvalue weighted by Crippen LogP contribution is -2.64. The molecule has 1 aromatic heterocycles. The molecule has 2 saturated heterocycles. The van der Waals surface area contributed by atoms with Crippen molar-refractivity contribution in [1.82, 2.24) is 9.55 Å². The molecule has 0 saturated carbocycles. The van der Waals surface area contributed by atoms with Crippen molar-refractivity contribution >= 4 is 19.6 Å². The van der Waals surface area contributed by atoms with Gasteiger partial charge in [-0.25, -0.2) is 4.79 Å². The Bertz CT molecular complexity index is 1110. The number of phosphoric acid groups is 1. The van der Waals surface area contributed by atoms with Gasteiger partial charge >= 0.3 is 5.69 Å². The van der Waals surface area contributed by atoms with Gasteiger partial charge < -0.3 is 65.2 Å². The van der Waals surface area contributed by atoms with Gasteiger partial charge in [0.05, 0.1) is 25.4 Å². The topological polar surface area (TPSA) is 299 Å². The van der Waals surface area contributed by atoms with Crippen molar-refractivity contribution in [2.45, 2.75) is 68.1 Å². The first-order valence-corrected chi connectivity index (χ1v) is 12.7. The number of nitrogens with zero attached hydrogens (tertiary/aromatic N) is 2. The maximum atomic E-state index is 12.6. The van der Waals surface area contributed by atoms with Crippen LogP contribution in [0.4, 0.5) is 5.82 Å². The molecule has 11 atom stereocenters. The first-order chi connectivity index (χ1) is 17.6. The Hall–Kier alpha value is -2.06. The van der Waals surface area contributed by atoms with Crippen LogP contribution < -0.4 is 21.4 Å². The molecule has 0 spiro atoms. The van der Waals surface area contributed by atoms with Crippen LogP contribution >= 0.6 is 7.82 Å². The van der Waals surface area contributed by atoms with E-state index in [1.807, 2.05) is 0 Å². The summed E-state index contributed by atoms with van der Waals surface area (Å²) in [6.07, 6.45) is -13.7. The molecule has 4 unspecified atom stereocenters. The van der Waals surface area contributed by atoms with Gasteiger partial charge in [0.2, 0.25) is 5.79 Å². The molecule has 2 aliphatic rings. The smallest absolute Gasteiger partial charge is 0.351 e. The number of carbonyl (C=O) groups is 1. The van der Waals surface area contributed by atoms with Gasteiger partial charge in [-0.2, -0.15) is 4.98 Å². The summed E-state index contributed by atoms with van der Waals surface area (Å²) in [4.78, 5) is 39.9. The van der Waals surface area contributed by atoms with E-state index >= 15 is 0 Å². The number of nitrogen functional groups attached to an aromatic ring is 1. The van der Waals surface area contributed by atoms with Gasteiger partial charge in [0, 0.05) is 18.5 Å². The van der Waals surface area contributed by atoms with Crippen molar-refractivity contribution in [2.75, 3.05) is 18.9 Å². The molecule has 216 valence electrons. The second kappa shape index (κ2) is 11.6. The Labute approximate surface area is 214 Å². The lowest BCUT2D eigenvalue weighted by molar-refractivity contribution is -0.380. The number of carboxylic acids is 1. The summed E-state index contributed by atoms with van der Waals surface area (Å²) in [5.41, 5.74) is 4.45. The number of rotatable bonds is 10. The Morgan fingerprint density at radius 3 is 2.61 bits per heavy atom. The van der Waals surface area contributed by atoms with Gasteiger partial charge in [0.25, 0.3) is 7.82 Å². The quantitative estimate of drug-likeness (QED) is 0.129. The second-order valence-electron chi connectivity index (χ2n) is 8.92. The summed E-state index contributed by atoms with van der Waals surface area (Å²) in [5.74, 6) is -6.68. The molecule has 38 heavy (non-hydrogen) atoms. The van der Waals surface area contributed by atoms with Gasteiger partial charge in [-0.15, -0.1) is 0 Å². The maximum absolute atomic E-state index is 12.6. The van der Waals surface area contributed by atoms with Crippen molar-refractivity contribution < 1.29 is 68.5 Å². The highest BCUT2D eigenvalue weighted by atomic mass is 31.2. The summed E-state index contributed by atoms with van der Waals surface area (Å²) in [6, 6.07) is 1.20. The van der Waals surface area contributed by atoms with E-state index in [0.29, 0.717) is 0 Å². The fourth-order valence-electron chi connectivity index (χ4n) is 4.08. The lowest BCUT2D eigenvalue weighted by Gasteiger charge is -2.49. The first kappa shape index (κ1) is 30.5. The molecule has 0 aliphatic carbocycles. The van der Waals surface area contributed by atoms with E-state index in [0.717, 1.165) is 10.8 Å². The Morgan fingerprint density at radius 1 is 1.37 bits per heavy atom. The van der Waals surface area contributed by atoms with Crippen LogP contribution in [0.25, 0.3) is 0 Å². The fourth-order valence-corrected chi connectivity index (χ4v) is 5.01. The minimum absolute atomic E-state index is 0.129. The van der Waals surface area contributed by atoms with Crippen molar-refractivity contribution in [1.29, 1.82) is 0 Å². The number of hydrogen-bond donors (Lipinski definition) is 7. The van der Waals surface area contributed by atoms with E-state index < -0.39 is 99.8 Å². The molecule has 18 nitrogen and oxygen atoms in total. The summed E-state index contributed by atoms with van der Waals surface area (Å²) < 4.78 is 33.0. The standard InChI is InChI=1S/C19H30N3O15P/c1-7-8(24)4-19(17(29)30,36-15(7)12(26)9(25)5-23)37-38(32,33)34-6-10-13(27)14(28)16(35-10)22-3-2-11(20)21-18(22)31/h2-3,7-10,12-16,23-28H,4-6H2,1H3,(H,29,30)(H,32,33)(H2,20,21,31)/p-2/t7-,8?,9-,10-,12-,13+,14?,15?,16-,19-/m1/s1. The molecule has 2 aliphatic heterocycles. The van der Waals surface area contributed by atoms with Crippen LogP contribution in [-0.2, 0) is 27.9 Å². The highest BCUT2D eigenvalue weighted by Crippen LogP contribution is 2.48. The van der Waals surface area contributed by atoms with Gasteiger partial charge in [0.1, 0.15) is 42.3 Å². The highest BCUT2D eigenvalue weighted by Gasteiger charge is 2.52. The highest BCUT2D eigenvalue weighted by molar-refractivity contribution is 7.45. The Balaban J connectivity index is 1.74. The zero-order valence-corrected chi connectivity index (χ0v) is 20.6. The predicted octanol–water partition coefficient (Wildman–Crippen LogP) is -6.11. The number of aliphatic carboxylic acids is 1. The summed E-state index contributed by atoms with van der Waals surface area (Å²) in [6.45, 7) is -0.705. The lowest BCUT2D eigenvalue weighted by atomic mass is 9.85. The monoisotopic (exact) mass is 569 g/mol. The third-order valence-electron chi connectivity index (χ3n) is 6.28. The third-order valence-corrected chi connectivity index (χ3v) is 7.26. The molecule has 1 aromatic rings. The third kappa shape index (κ3) is 6.22. The molecular formula is C19H28N3O15P-2. The predicted molar refractivity (Wildman–Crippen MR) is 115 cm³/mol. The molecule has 3 heterocycles. The molecule has 0 aromatic carbocycles. The molecule has 0 amide bonds. The van der Waals surface area contributed by atoms with E-state index in [4.69, 9.17) is 20.3 Å². The Kier molecular flexibility index (Phi) is 9.29. The van der Waals surface area contributed by atoms with Gasteiger partial charge in [-0.1, -0.05) is 6.92 Å². The number of anilines is 1. The van der Waals surface area contributed by atoms with Gasteiger partial charge in [-0.3, -0.25) is 13.7 Å². The van der Waals surface area contributed by atoms with Crippen LogP contribution in [0.5, 0.6) is 0 Å². The molecule has 3 rings (SSSR count). The van der Waals surface area contributed by atoms with Crippen LogP contribution in [0.3, 0.4) is 0 Å². The SMILES string of the molecule is C[C@@H]1C(O)C[C@@](OP(=O)([O-])OC[C@H]2O[C@@H](n3ccc(N)nc3=O)C(O)[C@H]2O)(C(=O)[O-])OC1[C@H](O)[C@H](O)CO. The molecule has 2 fully saturated rings. The molecule has 8 N–H and O–H groups in total. The Morgan fingerprint density at radius 2 is 2.03 bits per heavy atom. The van der Waals surface area contributed by atoms with Crippen LogP contribution in [0.1, 0.15) is 19.6 Å². The first-order valence-electron chi connectivity index (χ1n) is 11.2. The molecule has 0 bridgehead atoms. The number of aromatic nitrogens is 2. The van der Waals surface area contributed by atoms with E-state index in [1.165, 1.54) is 13.0 Å². The van der Waals surface area contributed by atoms with Gasteiger partial charge in [0.15, 0.2) is 6.23 Å². The molecule has 0 radical (unpaired) electrons. The zero-order chi connectivity index (χ0) is 28.6. The van der Waals surface area contributed by atoms with Gasteiger partial charge in [-0.05, 0) is 6.07 Å². The summed E-state index contributed by atoms with van der Waals surface area (Å²) >= 11 is 0. The van der Waals surface area contributed by atoms with Crippen LogP contribution in [-0.4, -0.2) is 108 Å². The number of ether oxygens (including phenoxy) is 2. The largest absolute Gasteiger partial charge is 0.756 e. The second-order valence-corrected chi connectivity index (χ2v) is 10.3. The number of hydrogen-bond acceptors (Lipinski definition) is 17. The van der Waals surface area contributed by atoms with Crippen LogP contribution in [0.15, 0.2) is 17.1 Å². The number of aliphatic hydroxyl groups is 6. The van der Waals surface area contributed by atoms with Crippen molar-refractivity contribution in [3.63, 3.8) is 0 Å². The number of carbonyl (C=O) groups excluding carboxylic acids is 1. The maximum Gasteiger partial charge on any atom is 0.351 e. The number of phosphoric ester groups is 1. The average Bonchev–Trinajstić information content (AvgIpc) is 3.12. The number of carboxylic acid groups (broad SMARTS) is 1. The van der Waals surface area contributed by atoms with Crippen molar-refractivity contribution in [3.05, 3.63) is 22.7 Å². The van der Waals surface area contributed by atoms with Crippen molar-refractivity contribution in [2.24, 2.45) is 5.92 Å². The zero-order valence-electron chi connectivity index (χ0n) is 19.7. The van der Waals surface area contributed by atoms with Crippen LogP contribution in [0.2, 0.25) is 0 Å². The normalized spacial score (nSPS) is 36.9. The van der Waals surface area contributed by atoms with E-state index in [1.54, 1.807) is 0 Å². The molecule has 19 heteroatoms. The summed E-state index contributed by atoms with van der Waals surface area (Å²) in [5, 5.41) is 71.7. The summed E-state index contributed by atoms with van der Waals surface area (Å²) in [7, 11) is -5.69. The number of aliphatic hydroxyl groups excluding tert-OH is 6. The average molecular weight is 569 g/mol. The van der Waals surface area contributed by atoms with Crippen molar-refractivity contribution in [3.8, 4) is 0 Å². The van der Waals surface area contributed by atoms with E-state index in [9.17, 15) is 49.7 Å².